The Morgan fingerprint density at radius 3 is 2.40 bits per heavy atom. The molecular formula is C14H12Cl2FNS2. The summed E-state index contributed by atoms with van der Waals surface area (Å²) < 4.78 is 13.1. The minimum atomic E-state index is -0.271. The summed E-state index contributed by atoms with van der Waals surface area (Å²) in [6.45, 7) is 0. The molecule has 2 N–H and O–H groups in total. The highest BCUT2D eigenvalue weighted by Crippen LogP contribution is 2.32. The maximum absolute atomic E-state index is 13.1. The largest absolute Gasteiger partial charge is 0.398 e. The van der Waals surface area contributed by atoms with Gasteiger partial charge in [0.2, 0.25) is 0 Å². The van der Waals surface area contributed by atoms with Gasteiger partial charge in [-0.1, -0.05) is 23.2 Å². The summed E-state index contributed by atoms with van der Waals surface area (Å²) in [6.07, 6.45) is 0. The highest BCUT2D eigenvalue weighted by Gasteiger charge is 2.04. The first-order valence-corrected chi connectivity index (χ1v) is 8.54. The number of hydrogen-bond acceptors (Lipinski definition) is 3. The second-order valence-corrected chi connectivity index (χ2v) is 7.07. The highest BCUT2D eigenvalue weighted by molar-refractivity contribution is 8.03. The summed E-state index contributed by atoms with van der Waals surface area (Å²) in [5.41, 5.74) is 6.39. The molecule has 0 bridgehead atoms. The van der Waals surface area contributed by atoms with Gasteiger partial charge in [0, 0.05) is 32.0 Å². The van der Waals surface area contributed by atoms with E-state index in [9.17, 15) is 4.39 Å². The number of nitrogens with two attached hydrogens (primary N) is 1. The average molecular weight is 348 g/mol. The molecule has 0 aromatic heterocycles. The lowest BCUT2D eigenvalue weighted by Crippen LogP contribution is -1.92. The molecule has 0 radical (unpaired) electrons. The minimum absolute atomic E-state index is 0.271. The van der Waals surface area contributed by atoms with Gasteiger partial charge in [-0.2, -0.15) is 0 Å². The minimum Gasteiger partial charge on any atom is -0.398 e. The van der Waals surface area contributed by atoms with Crippen LogP contribution in [-0.4, -0.2) is 11.5 Å². The number of hydrogen-bond donors (Lipinski definition) is 1. The van der Waals surface area contributed by atoms with Gasteiger partial charge in [-0.25, -0.2) is 4.39 Å². The molecule has 0 amide bonds. The molecule has 1 nitrogen and oxygen atoms in total. The summed E-state index contributed by atoms with van der Waals surface area (Å²) in [6, 6.07) is 9.78. The predicted molar refractivity (Wildman–Crippen MR) is 88.7 cm³/mol. The van der Waals surface area contributed by atoms with Crippen LogP contribution >= 0.6 is 46.7 Å². The van der Waals surface area contributed by atoms with Gasteiger partial charge in [0.15, 0.2) is 0 Å². The van der Waals surface area contributed by atoms with Crippen LogP contribution in [0, 0.1) is 5.82 Å². The normalized spacial score (nSPS) is 10.8. The molecule has 20 heavy (non-hydrogen) atoms. The highest BCUT2D eigenvalue weighted by atomic mass is 35.5. The van der Waals surface area contributed by atoms with Crippen molar-refractivity contribution < 1.29 is 4.39 Å². The number of halogens is 3. The van der Waals surface area contributed by atoms with Crippen LogP contribution in [0.5, 0.6) is 0 Å². The Labute approximate surface area is 136 Å². The quantitative estimate of drug-likeness (QED) is 0.433. The molecular weight excluding hydrogens is 336 g/mol. The van der Waals surface area contributed by atoms with Crippen LogP contribution in [0.2, 0.25) is 10.0 Å². The molecule has 0 fully saturated rings. The Bertz CT molecular complexity index is 554. The van der Waals surface area contributed by atoms with E-state index in [1.165, 1.54) is 23.9 Å². The van der Waals surface area contributed by atoms with Crippen molar-refractivity contribution in [2.24, 2.45) is 0 Å². The van der Waals surface area contributed by atoms with Crippen LogP contribution in [0.3, 0.4) is 0 Å². The molecule has 0 spiro atoms. The van der Waals surface area contributed by atoms with E-state index in [1.54, 1.807) is 30.0 Å². The van der Waals surface area contributed by atoms with Crippen molar-refractivity contribution in [1.82, 2.24) is 0 Å². The molecule has 6 heteroatoms. The van der Waals surface area contributed by atoms with E-state index < -0.39 is 0 Å². The summed E-state index contributed by atoms with van der Waals surface area (Å²) in [5.74, 6) is 1.37. The van der Waals surface area contributed by atoms with Gasteiger partial charge in [-0.05, 0) is 36.4 Å². The fourth-order valence-corrected chi connectivity index (χ4v) is 4.00. The van der Waals surface area contributed by atoms with Crippen LogP contribution in [0.1, 0.15) is 0 Å². The second kappa shape index (κ2) is 7.46. The van der Waals surface area contributed by atoms with E-state index in [0.717, 1.165) is 21.3 Å². The third-order valence-electron chi connectivity index (χ3n) is 2.47. The van der Waals surface area contributed by atoms with E-state index in [4.69, 9.17) is 28.9 Å². The zero-order valence-electron chi connectivity index (χ0n) is 10.4. The number of thioether (sulfide) groups is 2. The van der Waals surface area contributed by atoms with Gasteiger partial charge in [0.05, 0.1) is 5.02 Å². The maximum atomic E-state index is 13.1. The molecule has 0 saturated carbocycles. The van der Waals surface area contributed by atoms with E-state index >= 15 is 0 Å². The molecule has 0 heterocycles. The zero-order chi connectivity index (χ0) is 14.5. The van der Waals surface area contributed by atoms with Gasteiger partial charge in [0.25, 0.3) is 0 Å². The third kappa shape index (κ3) is 4.48. The fraction of sp³-hybridized carbons (Fsp3) is 0.143. The summed E-state index contributed by atoms with van der Waals surface area (Å²) in [5, 5.41) is 1.36. The van der Waals surface area contributed by atoms with Crippen LogP contribution in [0.25, 0.3) is 0 Å². The maximum Gasteiger partial charge on any atom is 0.124 e. The van der Waals surface area contributed by atoms with Crippen LogP contribution in [0.15, 0.2) is 46.2 Å². The van der Waals surface area contributed by atoms with Crippen molar-refractivity contribution in [2.75, 3.05) is 17.2 Å². The van der Waals surface area contributed by atoms with E-state index in [-0.39, 0.29) is 5.82 Å². The fourth-order valence-electron chi connectivity index (χ4n) is 1.52. The van der Waals surface area contributed by atoms with E-state index in [1.807, 2.05) is 6.07 Å². The van der Waals surface area contributed by atoms with Gasteiger partial charge in [-0.15, -0.1) is 23.5 Å². The summed E-state index contributed by atoms with van der Waals surface area (Å²) in [7, 11) is 0. The summed E-state index contributed by atoms with van der Waals surface area (Å²) >= 11 is 15.2. The predicted octanol–water partition coefficient (Wildman–Crippen LogP) is 5.60. The van der Waals surface area contributed by atoms with Crippen LogP contribution in [-0.2, 0) is 0 Å². The number of benzene rings is 2. The van der Waals surface area contributed by atoms with Gasteiger partial charge in [0.1, 0.15) is 5.82 Å². The molecule has 0 unspecified atom stereocenters. The molecule has 0 saturated heterocycles. The molecule has 106 valence electrons. The van der Waals surface area contributed by atoms with Crippen molar-refractivity contribution in [2.45, 2.75) is 9.79 Å². The van der Waals surface area contributed by atoms with Crippen molar-refractivity contribution in [1.29, 1.82) is 0 Å². The second-order valence-electron chi connectivity index (χ2n) is 3.95. The van der Waals surface area contributed by atoms with E-state index in [2.05, 4.69) is 0 Å². The molecule has 0 aliphatic rings. The van der Waals surface area contributed by atoms with Gasteiger partial charge in [-0.3, -0.25) is 0 Å². The van der Waals surface area contributed by atoms with Crippen molar-refractivity contribution >= 4 is 52.4 Å². The first-order chi connectivity index (χ1) is 9.56. The number of rotatable bonds is 5. The zero-order valence-corrected chi connectivity index (χ0v) is 13.6. The van der Waals surface area contributed by atoms with Crippen molar-refractivity contribution in [3.05, 3.63) is 52.3 Å². The topological polar surface area (TPSA) is 26.0 Å². The first-order valence-electron chi connectivity index (χ1n) is 5.82. The number of nitrogen functional groups attached to an aromatic ring is 1. The van der Waals surface area contributed by atoms with Crippen molar-refractivity contribution in [3.8, 4) is 0 Å². The lowest BCUT2D eigenvalue weighted by atomic mass is 10.3. The molecule has 0 atom stereocenters. The third-order valence-corrected chi connectivity index (χ3v) is 5.53. The Morgan fingerprint density at radius 2 is 1.65 bits per heavy atom. The Kier molecular flexibility index (Phi) is 5.90. The molecule has 2 aromatic carbocycles. The molecule has 2 aromatic rings. The first kappa shape index (κ1) is 15.8. The SMILES string of the molecule is Nc1ccc(F)cc1SCCSc1cc(Cl)ccc1Cl. The molecule has 0 aliphatic heterocycles. The van der Waals surface area contributed by atoms with Gasteiger partial charge >= 0.3 is 0 Å². The summed E-state index contributed by atoms with van der Waals surface area (Å²) in [4.78, 5) is 1.72. The lowest BCUT2D eigenvalue weighted by molar-refractivity contribution is 0.624. The van der Waals surface area contributed by atoms with Crippen LogP contribution in [0.4, 0.5) is 10.1 Å². The number of anilines is 1. The molecule has 0 aliphatic carbocycles. The lowest BCUT2D eigenvalue weighted by Gasteiger charge is -2.07. The van der Waals surface area contributed by atoms with Crippen LogP contribution < -0.4 is 5.73 Å². The van der Waals surface area contributed by atoms with Gasteiger partial charge < -0.3 is 5.73 Å². The van der Waals surface area contributed by atoms with Crippen molar-refractivity contribution in [3.63, 3.8) is 0 Å². The molecule has 2 rings (SSSR count). The standard InChI is InChI=1S/C14H12Cl2FNS2/c15-9-1-3-11(16)13(7-9)19-5-6-20-14-8-10(17)2-4-12(14)18/h1-4,7-8H,5-6,18H2. The monoisotopic (exact) mass is 347 g/mol. The van der Waals surface area contributed by atoms with E-state index in [0.29, 0.717) is 15.7 Å². The Hall–Kier alpha value is -0.550. The Morgan fingerprint density at radius 1 is 0.950 bits per heavy atom. The smallest absolute Gasteiger partial charge is 0.124 e. The Balaban J connectivity index is 1.87. The average Bonchev–Trinajstić information content (AvgIpc) is 2.42.